The third kappa shape index (κ3) is 5.51. The van der Waals surface area contributed by atoms with Crippen molar-refractivity contribution in [2.45, 2.75) is 52.6 Å². The summed E-state index contributed by atoms with van der Waals surface area (Å²) in [4.78, 5) is 30.9. The van der Waals surface area contributed by atoms with Crippen LogP contribution in [0.1, 0.15) is 48.4 Å². The fourth-order valence-corrected chi connectivity index (χ4v) is 5.06. The van der Waals surface area contributed by atoms with Crippen LogP contribution in [0.15, 0.2) is 29.6 Å². The number of methoxy groups -OCH3 is 1. The number of ether oxygens (including phenoxy) is 2. The lowest BCUT2D eigenvalue weighted by Crippen LogP contribution is -2.53. The molecule has 0 saturated heterocycles. The second kappa shape index (κ2) is 10.0. The van der Waals surface area contributed by atoms with Gasteiger partial charge in [-0.15, -0.1) is 11.3 Å². The largest absolute Gasteiger partial charge is 0.491 e. The third-order valence-corrected chi connectivity index (χ3v) is 6.81. The zero-order valence-electron chi connectivity index (χ0n) is 19.9. The Kier molecular flexibility index (Phi) is 7.62. The summed E-state index contributed by atoms with van der Waals surface area (Å²) in [6, 6.07) is 8.02. The lowest BCUT2D eigenvalue weighted by Gasteiger charge is -2.40. The molecule has 2 heterocycles. The Labute approximate surface area is 195 Å². The molecule has 1 aliphatic heterocycles. The van der Waals surface area contributed by atoms with E-state index in [1.807, 2.05) is 44.7 Å². The molecule has 0 aliphatic carbocycles. The molecule has 0 radical (unpaired) electrons. The van der Waals surface area contributed by atoms with E-state index in [2.05, 4.69) is 24.4 Å². The van der Waals surface area contributed by atoms with Crippen molar-refractivity contribution >= 4 is 23.2 Å². The van der Waals surface area contributed by atoms with E-state index in [1.165, 1.54) is 17.6 Å². The predicted octanol–water partition coefficient (Wildman–Crippen LogP) is 4.14. The van der Waals surface area contributed by atoms with Crippen molar-refractivity contribution in [2.24, 2.45) is 0 Å². The van der Waals surface area contributed by atoms with Gasteiger partial charge >= 0.3 is 0 Å². The van der Waals surface area contributed by atoms with E-state index < -0.39 is 5.54 Å². The number of hydrogen-bond donors (Lipinski definition) is 0. The van der Waals surface area contributed by atoms with Crippen LogP contribution in [0.3, 0.4) is 0 Å². The number of thiophene rings is 1. The monoisotopic (exact) mass is 458 g/mol. The fraction of sp³-hybridized carbons (Fsp3) is 0.520. The summed E-state index contributed by atoms with van der Waals surface area (Å²) >= 11 is 1.72. The summed E-state index contributed by atoms with van der Waals surface area (Å²) in [5, 5.41) is 2.08. The standard InChI is InChI=1S/C25H34N2O4S/c1-17-7-8-21(18(2)13-17)31-15-20-19-10-12-32-22(19)9-11-26(20)23(28)14-27(25(3,4)5)24(29)16-30-6/h7-8,10,12-13,20H,9,11,14-16H2,1-6H3/t20-/m0/s1. The summed E-state index contributed by atoms with van der Waals surface area (Å²) < 4.78 is 11.2. The average Bonchev–Trinajstić information content (AvgIpc) is 3.19. The minimum atomic E-state index is -0.486. The molecule has 2 amide bonds. The quantitative estimate of drug-likeness (QED) is 0.626. The Bertz CT molecular complexity index is 963. The lowest BCUT2D eigenvalue weighted by molar-refractivity contribution is -0.148. The molecule has 0 fully saturated rings. The van der Waals surface area contributed by atoms with Gasteiger partial charge in [-0.1, -0.05) is 17.7 Å². The first-order chi connectivity index (χ1) is 15.1. The number of carbonyl (C=O) groups is 2. The molecule has 2 aromatic rings. The summed E-state index contributed by atoms with van der Waals surface area (Å²) in [7, 11) is 1.49. The van der Waals surface area contributed by atoms with Gasteiger partial charge in [0.1, 0.15) is 25.5 Å². The van der Waals surface area contributed by atoms with Gasteiger partial charge in [-0.2, -0.15) is 0 Å². The van der Waals surface area contributed by atoms with E-state index in [4.69, 9.17) is 9.47 Å². The fourth-order valence-electron chi connectivity index (χ4n) is 4.13. The zero-order valence-corrected chi connectivity index (χ0v) is 20.8. The van der Waals surface area contributed by atoms with E-state index in [-0.39, 0.29) is 31.0 Å². The minimum Gasteiger partial charge on any atom is -0.491 e. The van der Waals surface area contributed by atoms with Crippen LogP contribution >= 0.6 is 11.3 Å². The average molecular weight is 459 g/mol. The Morgan fingerprint density at radius 1 is 1.22 bits per heavy atom. The van der Waals surface area contributed by atoms with Gasteiger partial charge in [-0.3, -0.25) is 9.59 Å². The van der Waals surface area contributed by atoms with Crippen LogP contribution in [0.25, 0.3) is 0 Å². The molecule has 1 aromatic heterocycles. The third-order valence-electron chi connectivity index (χ3n) is 5.81. The van der Waals surface area contributed by atoms with Crippen molar-refractivity contribution < 1.29 is 19.1 Å². The molecule has 7 heteroatoms. The van der Waals surface area contributed by atoms with Crippen molar-refractivity contribution in [3.05, 3.63) is 51.2 Å². The van der Waals surface area contributed by atoms with Crippen LogP contribution in [-0.4, -0.2) is 60.6 Å². The highest BCUT2D eigenvalue weighted by molar-refractivity contribution is 7.10. The van der Waals surface area contributed by atoms with E-state index in [1.54, 1.807) is 16.2 Å². The molecule has 0 spiro atoms. The number of amides is 2. The molecule has 32 heavy (non-hydrogen) atoms. The van der Waals surface area contributed by atoms with Gasteiger partial charge in [0, 0.05) is 24.1 Å². The molecular weight excluding hydrogens is 424 g/mol. The highest BCUT2D eigenvalue weighted by Gasteiger charge is 2.35. The number of aryl methyl sites for hydroxylation is 2. The Morgan fingerprint density at radius 3 is 2.62 bits per heavy atom. The molecule has 1 aliphatic rings. The molecule has 0 N–H and O–H groups in total. The molecule has 1 aromatic carbocycles. The zero-order chi connectivity index (χ0) is 23.5. The molecule has 0 saturated carbocycles. The van der Waals surface area contributed by atoms with Gasteiger partial charge in [-0.25, -0.2) is 0 Å². The summed E-state index contributed by atoms with van der Waals surface area (Å²) in [6.45, 7) is 10.9. The van der Waals surface area contributed by atoms with Crippen LogP contribution in [0.4, 0.5) is 0 Å². The van der Waals surface area contributed by atoms with E-state index in [0.717, 1.165) is 23.3 Å². The van der Waals surface area contributed by atoms with Crippen molar-refractivity contribution in [1.29, 1.82) is 0 Å². The first-order valence-electron chi connectivity index (χ1n) is 11.0. The van der Waals surface area contributed by atoms with Gasteiger partial charge in [0.15, 0.2) is 0 Å². The first-order valence-corrected chi connectivity index (χ1v) is 11.8. The SMILES string of the molecule is COCC(=O)N(CC(=O)N1CCc2sccc2[C@@H]1COc1ccc(C)cc1C)C(C)(C)C. The maximum absolute atomic E-state index is 13.5. The first kappa shape index (κ1) is 24.3. The number of fused-ring (bicyclic) bond motifs is 1. The van der Waals surface area contributed by atoms with Crippen LogP contribution in [-0.2, 0) is 20.7 Å². The maximum Gasteiger partial charge on any atom is 0.249 e. The lowest BCUT2D eigenvalue weighted by atomic mass is 9.99. The van der Waals surface area contributed by atoms with Crippen LogP contribution < -0.4 is 4.74 Å². The van der Waals surface area contributed by atoms with Crippen molar-refractivity contribution in [3.8, 4) is 5.75 Å². The summed E-state index contributed by atoms with van der Waals surface area (Å²) in [5.74, 6) is 0.567. The molecule has 3 rings (SSSR count). The molecule has 0 unspecified atom stereocenters. The molecule has 174 valence electrons. The smallest absolute Gasteiger partial charge is 0.249 e. The number of benzene rings is 1. The second-order valence-electron chi connectivity index (χ2n) is 9.32. The number of rotatable bonds is 7. The van der Waals surface area contributed by atoms with Crippen molar-refractivity contribution in [3.63, 3.8) is 0 Å². The molecule has 0 bridgehead atoms. The number of nitrogens with zero attached hydrogens (tertiary/aromatic N) is 2. The predicted molar refractivity (Wildman–Crippen MR) is 127 cm³/mol. The van der Waals surface area contributed by atoms with E-state index in [9.17, 15) is 9.59 Å². The van der Waals surface area contributed by atoms with Gasteiger partial charge in [0.25, 0.3) is 0 Å². The highest BCUT2D eigenvalue weighted by Crippen LogP contribution is 2.34. The van der Waals surface area contributed by atoms with Gasteiger partial charge < -0.3 is 19.3 Å². The Hall–Kier alpha value is -2.38. The Balaban J connectivity index is 1.81. The molecular formula is C25H34N2O4S. The van der Waals surface area contributed by atoms with E-state index >= 15 is 0 Å². The van der Waals surface area contributed by atoms with Crippen LogP contribution in [0, 0.1) is 13.8 Å². The van der Waals surface area contributed by atoms with Crippen molar-refractivity contribution in [1.82, 2.24) is 9.80 Å². The molecule has 1 atom stereocenters. The van der Waals surface area contributed by atoms with Crippen LogP contribution in [0.2, 0.25) is 0 Å². The maximum atomic E-state index is 13.5. The summed E-state index contributed by atoms with van der Waals surface area (Å²) in [5.41, 5.74) is 2.92. The normalized spacial score (nSPS) is 15.9. The van der Waals surface area contributed by atoms with Gasteiger partial charge in [0.2, 0.25) is 11.8 Å². The van der Waals surface area contributed by atoms with Gasteiger partial charge in [-0.05, 0) is 69.7 Å². The highest BCUT2D eigenvalue weighted by atomic mass is 32.1. The molecule has 6 nitrogen and oxygen atoms in total. The second-order valence-corrected chi connectivity index (χ2v) is 10.3. The van der Waals surface area contributed by atoms with Gasteiger partial charge in [0.05, 0.1) is 6.04 Å². The Morgan fingerprint density at radius 2 is 1.97 bits per heavy atom. The van der Waals surface area contributed by atoms with Crippen molar-refractivity contribution in [2.75, 3.05) is 33.4 Å². The van der Waals surface area contributed by atoms with Crippen LogP contribution in [0.5, 0.6) is 5.75 Å². The summed E-state index contributed by atoms with van der Waals surface area (Å²) in [6.07, 6.45) is 0.820. The number of hydrogen-bond acceptors (Lipinski definition) is 5. The van der Waals surface area contributed by atoms with E-state index in [0.29, 0.717) is 13.2 Å². The number of carbonyl (C=O) groups excluding carboxylic acids is 2. The minimum absolute atomic E-state index is 0.0191. The topological polar surface area (TPSA) is 59.1 Å².